The Kier molecular flexibility index (Phi) is 5.83. The van der Waals surface area contributed by atoms with Crippen LogP contribution in [0.2, 0.25) is 5.02 Å². The molecule has 0 fully saturated rings. The smallest absolute Gasteiger partial charge is 0.239 e. The highest BCUT2D eigenvalue weighted by Gasteiger charge is 2.09. The van der Waals surface area contributed by atoms with Gasteiger partial charge in [0.25, 0.3) is 0 Å². The van der Waals surface area contributed by atoms with E-state index < -0.39 is 0 Å². The average Bonchev–Trinajstić information content (AvgIpc) is 2.36. The average molecular weight is 283 g/mol. The molecular formula is C14H19ClN2O2. The lowest BCUT2D eigenvalue weighted by molar-refractivity contribution is -0.119. The normalized spacial score (nSPS) is 10.4. The van der Waals surface area contributed by atoms with Crippen LogP contribution in [0.1, 0.15) is 24.2 Å². The lowest BCUT2D eigenvalue weighted by Crippen LogP contribution is -2.36. The molecule has 0 aliphatic rings. The van der Waals surface area contributed by atoms with Crippen LogP contribution in [0.15, 0.2) is 18.2 Å². The number of amides is 1. The van der Waals surface area contributed by atoms with Gasteiger partial charge in [0.05, 0.1) is 11.6 Å². The van der Waals surface area contributed by atoms with Crippen LogP contribution in [0.4, 0.5) is 5.69 Å². The van der Waals surface area contributed by atoms with Crippen LogP contribution in [-0.2, 0) is 4.79 Å². The zero-order valence-electron chi connectivity index (χ0n) is 11.4. The van der Waals surface area contributed by atoms with Crippen LogP contribution in [0.5, 0.6) is 0 Å². The highest BCUT2D eigenvalue weighted by atomic mass is 35.5. The minimum atomic E-state index is -0.0354. The first-order valence-electron chi connectivity index (χ1n) is 6.16. The Balaban J connectivity index is 2.62. The third-order valence-corrected chi connectivity index (χ3v) is 2.97. The van der Waals surface area contributed by atoms with Crippen molar-refractivity contribution in [2.45, 2.75) is 13.8 Å². The SMILES string of the molecule is CC(C)CNC(=O)CN(C)c1ccc(C=O)c(Cl)c1. The van der Waals surface area contributed by atoms with E-state index in [0.29, 0.717) is 29.3 Å². The molecule has 0 unspecified atom stereocenters. The topological polar surface area (TPSA) is 49.4 Å². The van der Waals surface area contributed by atoms with Crippen molar-refractivity contribution in [2.75, 3.05) is 25.0 Å². The fourth-order valence-electron chi connectivity index (χ4n) is 1.53. The molecule has 19 heavy (non-hydrogen) atoms. The van der Waals surface area contributed by atoms with Crippen LogP contribution in [0, 0.1) is 5.92 Å². The summed E-state index contributed by atoms with van der Waals surface area (Å²) in [7, 11) is 1.81. The summed E-state index contributed by atoms with van der Waals surface area (Å²) in [6.45, 7) is 5.00. The maximum atomic E-state index is 11.7. The van der Waals surface area contributed by atoms with Gasteiger partial charge in [-0.25, -0.2) is 0 Å². The van der Waals surface area contributed by atoms with Crippen LogP contribution in [0.25, 0.3) is 0 Å². The highest BCUT2D eigenvalue weighted by molar-refractivity contribution is 6.33. The Labute approximate surface area is 118 Å². The molecule has 104 valence electrons. The molecule has 0 aliphatic carbocycles. The van der Waals surface area contributed by atoms with E-state index in [1.165, 1.54) is 0 Å². The van der Waals surface area contributed by atoms with Crippen LogP contribution in [0.3, 0.4) is 0 Å². The summed E-state index contributed by atoms with van der Waals surface area (Å²) in [4.78, 5) is 24.2. The second kappa shape index (κ2) is 7.14. The van der Waals surface area contributed by atoms with Crippen LogP contribution in [-0.4, -0.2) is 32.3 Å². The van der Waals surface area contributed by atoms with Crippen molar-refractivity contribution in [3.05, 3.63) is 28.8 Å². The van der Waals surface area contributed by atoms with Crippen molar-refractivity contribution in [3.8, 4) is 0 Å². The third-order valence-electron chi connectivity index (χ3n) is 2.64. The van der Waals surface area contributed by atoms with Gasteiger partial charge in [0.2, 0.25) is 5.91 Å². The number of nitrogens with zero attached hydrogens (tertiary/aromatic N) is 1. The Hall–Kier alpha value is -1.55. The van der Waals surface area contributed by atoms with Gasteiger partial charge >= 0.3 is 0 Å². The van der Waals surface area contributed by atoms with Gasteiger partial charge in [-0.1, -0.05) is 25.4 Å². The number of aldehydes is 1. The number of likely N-dealkylation sites (N-methyl/N-ethyl adjacent to an activating group) is 1. The first-order valence-corrected chi connectivity index (χ1v) is 6.54. The number of carbonyl (C=O) groups is 2. The van der Waals surface area contributed by atoms with E-state index in [1.807, 2.05) is 13.8 Å². The van der Waals surface area contributed by atoms with Gasteiger partial charge in [0, 0.05) is 24.8 Å². The molecule has 5 heteroatoms. The third kappa shape index (κ3) is 4.91. The van der Waals surface area contributed by atoms with Crippen molar-refractivity contribution >= 4 is 29.5 Å². The molecule has 1 aromatic rings. The lowest BCUT2D eigenvalue weighted by atomic mass is 10.2. The molecule has 0 bridgehead atoms. The van der Waals surface area contributed by atoms with Crippen molar-refractivity contribution in [1.29, 1.82) is 0 Å². The second-order valence-electron chi connectivity index (χ2n) is 4.88. The number of hydrogen-bond donors (Lipinski definition) is 1. The monoisotopic (exact) mass is 282 g/mol. The van der Waals surface area contributed by atoms with Gasteiger partial charge in [0.15, 0.2) is 6.29 Å². The Morgan fingerprint density at radius 1 is 1.47 bits per heavy atom. The largest absolute Gasteiger partial charge is 0.365 e. The minimum absolute atomic E-state index is 0.0354. The number of hydrogen-bond acceptors (Lipinski definition) is 3. The predicted molar refractivity (Wildman–Crippen MR) is 78.0 cm³/mol. The number of rotatable bonds is 6. The summed E-state index contributed by atoms with van der Waals surface area (Å²) in [6, 6.07) is 5.10. The number of anilines is 1. The Bertz CT molecular complexity index is 461. The fraction of sp³-hybridized carbons (Fsp3) is 0.429. The first-order chi connectivity index (χ1) is 8.93. The van der Waals surface area contributed by atoms with E-state index >= 15 is 0 Å². The summed E-state index contributed by atoms with van der Waals surface area (Å²) in [5, 5.41) is 3.24. The molecule has 0 atom stereocenters. The Morgan fingerprint density at radius 3 is 2.68 bits per heavy atom. The molecular weight excluding hydrogens is 264 g/mol. The van der Waals surface area contributed by atoms with Gasteiger partial charge < -0.3 is 10.2 Å². The van der Waals surface area contributed by atoms with Crippen LogP contribution >= 0.6 is 11.6 Å². The van der Waals surface area contributed by atoms with Crippen LogP contribution < -0.4 is 10.2 Å². The van der Waals surface area contributed by atoms with Gasteiger partial charge in [-0.2, -0.15) is 0 Å². The quantitative estimate of drug-likeness (QED) is 0.815. The zero-order chi connectivity index (χ0) is 14.4. The Morgan fingerprint density at radius 2 is 2.16 bits per heavy atom. The number of carbonyl (C=O) groups excluding carboxylic acids is 2. The molecule has 1 amide bonds. The molecule has 0 spiro atoms. The van der Waals surface area contributed by atoms with E-state index in [0.717, 1.165) is 5.69 Å². The van der Waals surface area contributed by atoms with E-state index in [2.05, 4.69) is 5.32 Å². The van der Waals surface area contributed by atoms with Gasteiger partial charge in [-0.15, -0.1) is 0 Å². The summed E-state index contributed by atoms with van der Waals surface area (Å²) in [5.74, 6) is 0.391. The van der Waals surface area contributed by atoms with Crippen molar-refractivity contribution in [1.82, 2.24) is 5.32 Å². The second-order valence-corrected chi connectivity index (χ2v) is 5.28. The molecule has 1 N–H and O–H groups in total. The van der Waals surface area contributed by atoms with Gasteiger partial charge in [-0.05, 0) is 24.1 Å². The summed E-state index contributed by atoms with van der Waals surface area (Å²) < 4.78 is 0. The van der Waals surface area contributed by atoms with E-state index in [-0.39, 0.29) is 12.5 Å². The van der Waals surface area contributed by atoms with Gasteiger partial charge in [-0.3, -0.25) is 9.59 Å². The highest BCUT2D eigenvalue weighted by Crippen LogP contribution is 2.21. The van der Waals surface area contributed by atoms with Gasteiger partial charge in [0.1, 0.15) is 0 Å². The maximum Gasteiger partial charge on any atom is 0.239 e. The molecule has 1 aromatic carbocycles. The molecule has 0 aliphatic heterocycles. The molecule has 0 saturated carbocycles. The summed E-state index contributed by atoms with van der Waals surface area (Å²) in [5.41, 5.74) is 1.25. The summed E-state index contributed by atoms with van der Waals surface area (Å²) >= 11 is 5.95. The number of nitrogens with one attached hydrogen (secondary N) is 1. The molecule has 0 heterocycles. The van der Waals surface area contributed by atoms with Crippen molar-refractivity contribution in [3.63, 3.8) is 0 Å². The van der Waals surface area contributed by atoms with Crippen molar-refractivity contribution < 1.29 is 9.59 Å². The summed E-state index contributed by atoms with van der Waals surface area (Å²) in [6.07, 6.45) is 0.710. The minimum Gasteiger partial charge on any atom is -0.365 e. The molecule has 0 radical (unpaired) electrons. The van der Waals surface area contributed by atoms with E-state index in [4.69, 9.17) is 11.6 Å². The number of halogens is 1. The lowest BCUT2D eigenvalue weighted by Gasteiger charge is -2.19. The maximum absolute atomic E-state index is 11.7. The first kappa shape index (κ1) is 15.5. The fourth-order valence-corrected chi connectivity index (χ4v) is 1.75. The molecule has 0 aromatic heterocycles. The van der Waals surface area contributed by atoms with Crippen molar-refractivity contribution in [2.24, 2.45) is 5.92 Å². The predicted octanol–water partition coefficient (Wildman–Crippen LogP) is 2.36. The molecule has 4 nitrogen and oxygen atoms in total. The van der Waals surface area contributed by atoms with E-state index in [1.54, 1.807) is 30.1 Å². The van der Waals surface area contributed by atoms with E-state index in [9.17, 15) is 9.59 Å². The zero-order valence-corrected chi connectivity index (χ0v) is 12.2. The molecule has 0 saturated heterocycles. The number of benzene rings is 1. The molecule has 1 rings (SSSR count). The standard InChI is InChI=1S/C14H19ClN2O2/c1-10(2)7-16-14(19)8-17(3)12-5-4-11(9-18)13(15)6-12/h4-6,9-10H,7-8H2,1-3H3,(H,16,19).